The van der Waals surface area contributed by atoms with E-state index in [9.17, 15) is 4.79 Å². The van der Waals surface area contributed by atoms with Crippen molar-refractivity contribution in [3.05, 3.63) is 57.6 Å². The van der Waals surface area contributed by atoms with Crippen molar-refractivity contribution in [2.24, 2.45) is 11.1 Å². The van der Waals surface area contributed by atoms with Gasteiger partial charge in [-0.2, -0.15) is 0 Å². The van der Waals surface area contributed by atoms with Crippen LogP contribution < -0.4 is 5.73 Å². The third-order valence-corrected chi connectivity index (χ3v) is 5.01. The Hall–Kier alpha value is -1.71. The average molecular weight is 350 g/mol. The van der Waals surface area contributed by atoms with Gasteiger partial charge in [-0.25, -0.2) is 4.79 Å². The summed E-state index contributed by atoms with van der Waals surface area (Å²) in [4.78, 5) is 11.3. The zero-order valence-electron chi connectivity index (χ0n) is 12.9. The molecule has 1 atom stereocenters. The van der Waals surface area contributed by atoms with Crippen molar-refractivity contribution in [2.45, 2.75) is 26.4 Å². The van der Waals surface area contributed by atoms with Crippen LogP contribution in [0, 0.1) is 5.41 Å². The molecule has 2 aromatic rings. The molecule has 3 rings (SSSR count). The molecule has 3 nitrogen and oxygen atoms in total. The van der Waals surface area contributed by atoms with Crippen LogP contribution in [0.2, 0.25) is 10.0 Å². The quantitative estimate of drug-likeness (QED) is 0.791. The fourth-order valence-electron chi connectivity index (χ4n) is 3.20. The molecule has 0 spiro atoms. The number of carbonyl (C=O) groups excluding carboxylic acids is 1. The molecule has 23 heavy (non-hydrogen) atoms. The Kier molecular flexibility index (Phi) is 4.03. The number of rotatable bonds is 2. The highest BCUT2D eigenvalue weighted by Gasteiger charge is 2.41. The molecule has 5 heteroatoms. The summed E-state index contributed by atoms with van der Waals surface area (Å²) in [5.74, 6) is 0. The number of nitrogens with two attached hydrogens (primary N) is 1. The van der Waals surface area contributed by atoms with E-state index in [0.29, 0.717) is 10.0 Å². The van der Waals surface area contributed by atoms with Gasteiger partial charge in [0, 0.05) is 5.41 Å². The molecule has 0 aromatic heterocycles. The smallest absolute Gasteiger partial charge is 0.405 e. The highest BCUT2D eigenvalue weighted by molar-refractivity contribution is 6.42. The van der Waals surface area contributed by atoms with Gasteiger partial charge in [0.15, 0.2) is 0 Å². The largest absolute Gasteiger partial charge is 0.441 e. The number of halogens is 2. The summed E-state index contributed by atoms with van der Waals surface area (Å²) in [5, 5.41) is 1.03. The lowest BCUT2D eigenvalue weighted by Gasteiger charge is -2.26. The summed E-state index contributed by atoms with van der Waals surface area (Å²) in [6.07, 6.45) is -0.268. The molecular formula is C18H17Cl2NO2. The van der Waals surface area contributed by atoms with E-state index >= 15 is 0 Å². The Morgan fingerprint density at radius 1 is 1.13 bits per heavy atom. The molecule has 1 amide bonds. The second-order valence-electron chi connectivity index (χ2n) is 6.52. The third-order valence-electron chi connectivity index (χ3n) is 4.27. The topological polar surface area (TPSA) is 52.3 Å². The molecule has 0 bridgehead atoms. The monoisotopic (exact) mass is 349 g/mol. The number of hydrogen-bond donors (Lipinski definition) is 1. The van der Waals surface area contributed by atoms with Gasteiger partial charge < -0.3 is 10.5 Å². The average Bonchev–Trinajstić information content (AvgIpc) is 2.71. The van der Waals surface area contributed by atoms with E-state index in [-0.39, 0.29) is 11.5 Å². The van der Waals surface area contributed by atoms with Crippen LogP contribution >= 0.6 is 23.2 Å². The lowest BCUT2D eigenvalue weighted by Crippen LogP contribution is -2.25. The SMILES string of the molecule is CC1(C)Cc2ccc(-c3ccc(Cl)c(Cl)c3)cc2C1OC(N)=O. The molecule has 2 aromatic carbocycles. The second-order valence-corrected chi connectivity index (χ2v) is 7.34. The summed E-state index contributed by atoms with van der Waals surface area (Å²) in [6, 6.07) is 11.7. The molecule has 1 aliphatic carbocycles. The van der Waals surface area contributed by atoms with Crippen molar-refractivity contribution in [1.82, 2.24) is 0 Å². The van der Waals surface area contributed by atoms with Gasteiger partial charge in [-0.15, -0.1) is 0 Å². The lowest BCUT2D eigenvalue weighted by molar-refractivity contribution is 0.0392. The zero-order chi connectivity index (χ0) is 16.8. The molecule has 0 aliphatic heterocycles. The first kappa shape index (κ1) is 16.2. The van der Waals surface area contributed by atoms with E-state index in [0.717, 1.165) is 23.1 Å². The minimum atomic E-state index is -0.754. The molecule has 0 heterocycles. The van der Waals surface area contributed by atoms with Gasteiger partial charge in [0.05, 0.1) is 10.0 Å². The van der Waals surface area contributed by atoms with E-state index in [2.05, 4.69) is 19.9 Å². The van der Waals surface area contributed by atoms with Gasteiger partial charge in [-0.05, 0) is 46.9 Å². The van der Waals surface area contributed by atoms with Crippen LogP contribution in [0.4, 0.5) is 4.79 Å². The predicted molar refractivity (Wildman–Crippen MR) is 92.8 cm³/mol. The Morgan fingerprint density at radius 3 is 2.43 bits per heavy atom. The Labute approximate surface area is 145 Å². The van der Waals surface area contributed by atoms with E-state index < -0.39 is 6.09 Å². The molecule has 0 saturated heterocycles. The summed E-state index contributed by atoms with van der Waals surface area (Å²) in [7, 11) is 0. The van der Waals surface area contributed by atoms with Crippen molar-refractivity contribution in [3.63, 3.8) is 0 Å². The number of carbonyl (C=O) groups is 1. The van der Waals surface area contributed by atoms with Gasteiger partial charge >= 0.3 is 6.09 Å². The first-order valence-corrected chi connectivity index (χ1v) is 8.08. The number of fused-ring (bicyclic) bond motifs is 1. The minimum absolute atomic E-state index is 0.187. The minimum Gasteiger partial charge on any atom is -0.441 e. The van der Waals surface area contributed by atoms with Gasteiger partial charge in [0.1, 0.15) is 6.10 Å². The first-order chi connectivity index (χ1) is 10.8. The first-order valence-electron chi connectivity index (χ1n) is 7.32. The molecule has 2 N–H and O–H groups in total. The van der Waals surface area contributed by atoms with Crippen LogP contribution in [0.1, 0.15) is 31.1 Å². The van der Waals surface area contributed by atoms with Gasteiger partial charge in [-0.3, -0.25) is 0 Å². The molecule has 0 radical (unpaired) electrons. The van der Waals surface area contributed by atoms with Gasteiger partial charge in [-0.1, -0.05) is 55.2 Å². The van der Waals surface area contributed by atoms with E-state index in [4.69, 9.17) is 33.7 Å². The van der Waals surface area contributed by atoms with Crippen LogP contribution in [0.3, 0.4) is 0 Å². The van der Waals surface area contributed by atoms with Crippen LogP contribution in [0.15, 0.2) is 36.4 Å². The third kappa shape index (κ3) is 3.04. The summed E-state index contributed by atoms with van der Waals surface area (Å²) < 4.78 is 5.38. The van der Waals surface area contributed by atoms with Crippen molar-refractivity contribution in [1.29, 1.82) is 0 Å². The van der Waals surface area contributed by atoms with Crippen LogP contribution in [0.25, 0.3) is 11.1 Å². The molecule has 0 saturated carbocycles. The van der Waals surface area contributed by atoms with Crippen molar-refractivity contribution in [3.8, 4) is 11.1 Å². The maximum Gasteiger partial charge on any atom is 0.405 e. The van der Waals surface area contributed by atoms with Gasteiger partial charge in [0.25, 0.3) is 0 Å². The number of benzene rings is 2. The fraction of sp³-hybridized carbons (Fsp3) is 0.278. The fourth-order valence-corrected chi connectivity index (χ4v) is 3.50. The number of hydrogen-bond acceptors (Lipinski definition) is 2. The number of amides is 1. The molecule has 1 unspecified atom stereocenters. The second kappa shape index (κ2) is 5.73. The Bertz CT molecular complexity index is 787. The highest BCUT2D eigenvalue weighted by atomic mass is 35.5. The van der Waals surface area contributed by atoms with Crippen LogP contribution in [-0.4, -0.2) is 6.09 Å². The summed E-state index contributed by atoms with van der Waals surface area (Å²) in [5.41, 5.74) is 9.19. The number of primary amides is 1. The van der Waals surface area contributed by atoms with Crippen molar-refractivity contribution in [2.75, 3.05) is 0 Å². The number of ether oxygens (including phenoxy) is 1. The molecular weight excluding hydrogens is 333 g/mol. The van der Waals surface area contributed by atoms with E-state index in [1.165, 1.54) is 5.56 Å². The van der Waals surface area contributed by atoms with Crippen LogP contribution in [-0.2, 0) is 11.2 Å². The maximum atomic E-state index is 11.3. The molecule has 1 aliphatic rings. The standard InChI is InChI=1S/C18H17Cl2NO2/c1-18(2)9-12-4-3-10(7-13(12)16(18)23-17(21)22)11-5-6-14(19)15(20)8-11/h3-8,16H,9H2,1-2H3,(H2,21,22). The maximum absolute atomic E-state index is 11.3. The Balaban J connectivity index is 2.05. The van der Waals surface area contributed by atoms with Crippen molar-refractivity contribution >= 4 is 29.3 Å². The Morgan fingerprint density at radius 2 is 1.78 bits per heavy atom. The summed E-state index contributed by atoms with van der Waals surface area (Å²) in [6.45, 7) is 4.14. The normalized spacial score (nSPS) is 18.5. The molecule has 0 fully saturated rings. The predicted octanol–water partition coefficient (Wildman–Crippen LogP) is 5.38. The van der Waals surface area contributed by atoms with Crippen LogP contribution in [0.5, 0.6) is 0 Å². The van der Waals surface area contributed by atoms with Crippen molar-refractivity contribution < 1.29 is 9.53 Å². The van der Waals surface area contributed by atoms with E-state index in [1.54, 1.807) is 6.07 Å². The van der Waals surface area contributed by atoms with Gasteiger partial charge in [0.2, 0.25) is 0 Å². The molecule has 120 valence electrons. The zero-order valence-corrected chi connectivity index (χ0v) is 14.4. The van der Waals surface area contributed by atoms with E-state index in [1.807, 2.05) is 24.3 Å². The highest BCUT2D eigenvalue weighted by Crippen LogP contribution is 2.48. The lowest BCUT2D eigenvalue weighted by atomic mass is 9.87. The summed E-state index contributed by atoms with van der Waals surface area (Å²) >= 11 is 12.1.